The number of rotatable bonds is 3. The molecule has 1 saturated heterocycles. The Morgan fingerprint density at radius 1 is 1.21 bits per heavy atom. The molecular weight excluding hydrogens is 174 g/mol. The second-order valence-corrected chi connectivity index (χ2v) is 5.12. The van der Waals surface area contributed by atoms with Crippen LogP contribution in [-0.4, -0.2) is 24.8 Å². The van der Waals surface area contributed by atoms with Crippen LogP contribution < -0.4 is 5.32 Å². The van der Waals surface area contributed by atoms with E-state index < -0.39 is 0 Å². The van der Waals surface area contributed by atoms with Crippen LogP contribution in [0.2, 0.25) is 0 Å². The molecule has 2 aliphatic rings. The minimum atomic E-state index is 0.373. The van der Waals surface area contributed by atoms with Crippen LogP contribution in [0.25, 0.3) is 0 Å². The molecule has 2 rings (SSSR count). The van der Waals surface area contributed by atoms with Gasteiger partial charge in [0.1, 0.15) is 0 Å². The van der Waals surface area contributed by atoms with E-state index in [4.69, 9.17) is 4.74 Å². The molecule has 0 spiro atoms. The normalized spacial score (nSPS) is 37.5. The molecule has 1 saturated carbocycles. The van der Waals surface area contributed by atoms with Gasteiger partial charge >= 0.3 is 0 Å². The van der Waals surface area contributed by atoms with Crippen molar-refractivity contribution in [3.8, 4) is 0 Å². The van der Waals surface area contributed by atoms with Crippen LogP contribution in [0.4, 0.5) is 0 Å². The average Bonchev–Trinajstić information content (AvgIpc) is 2.61. The SMILES string of the molecule is CC(C)OCC1CCC2CCCC2N1. The molecule has 1 aliphatic carbocycles. The Labute approximate surface area is 87.4 Å². The Hall–Kier alpha value is -0.0800. The van der Waals surface area contributed by atoms with E-state index in [0.717, 1.165) is 18.6 Å². The monoisotopic (exact) mass is 197 g/mol. The maximum Gasteiger partial charge on any atom is 0.0623 e. The first kappa shape index (κ1) is 10.4. The van der Waals surface area contributed by atoms with Gasteiger partial charge in [0, 0.05) is 12.1 Å². The van der Waals surface area contributed by atoms with Crippen LogP contribution in [0.5, 0.6) is 0 Å². The van der Waals surface area contributed by atoms with Gasteiger partial charge in [-0.25, -0.2) is 0 Å². The standard InChI is InChI=1S/C12H23NO/c1-9(2)14-8-11-7-6-10-4-3-5-12(10)13-11/h9-13H,3-8H2,1-2H3. The molecule has 3 unspecified atom stereocenters. The average molecular weight is 197 g/mol. The lowest BCUT2D eigenvalue weighted by atomic mass is 9.90. The number of nitrogens with one attached hydrogen (secondary N) is 1. The third kappa shape index (κ3) is 2.48. The fraction of sp³-hybridized carbons (Fsp3) is 1.00. The molecule has 0 aromatic rings. The molecule has 3 atom stereocenters. The van der Waals surface area contributed by atoms with Crippen LogP contribution >= 0.6 is 0 Å². The highest BCUT2D eigenvalue weighted by atomic mass is 16.5. The molecule has 82 valence electrons. The highest BCUT2D eigenvalue weighted by molar-refractivity contribution is 4.90. The van der Waals surface area contributed by atoms with Gasteiger partial charge in [-0.05, 0) is 45.4 Å². The Bertz CT molecular complexity index is 181. The van der Waals surface area contributed by atoms with E-state index in [9.17, 15) is 0 Å². The van der Waals surface area contributed by atoms with Gasteiger partial charge in [-0.1, -0.05) is 6.42 Å². The van der Waals surface area contributed by atoms with Gasteiger partial charge in [0.05, 0.1) is 12.7 Å². The fourth-order valence-corrected chi connectivity index (χ4v) is 2.84. The Morgan fingerprint density at radius 3 is 2.86 bits per heavy atom. The van der Waals surface area contributed by atoms with E-state index >= 15 is 0 Å². The molecule has 1 aliphatic heterocycles. The lowest BCUT2D eigenvalue weighted by molar-refractivity contribution is 0.0470. The second-order valence-electron chi connectivity index (χ2n) is 5.12. The number of fused-ring (bicyclic) bond motifs is 1. The van der Waals surface area contributed by atoms with Crippen LogP contribution in [-0.2, 0) is 4.74 Å². The second kappa shape index (κ2) is 4.63. The van der Waals surface area contributed by atoms with Crippen LogP contribution in [0.15, 0.2) is 0 Å². The Morgan fingerprint density at radius 2 is 2.07 bits per heavy atom. The highest BCUT2D eigenvalue weighted by Crippen LogP contribution is 2.33. The molecule has 1 N–H and O–H groups in total. The van der Waals surface area contributed by atoms with E-state index in [1.165, 1.54) is 32.1 Å². The van der Waals surface area contributed by atoms with Gasteiger partial charge in [-0.3, -0.25) is 0 Å². The summed E-state index contributed by atoms with van der Waals surface area (Å²) in [4.78, 5) is 0. The Balaban J connectivity index is 1.74. The number of ether oxygens (including phenoxy) is 1. The third-order valence-electron chi connectivity index (χ3n) is 3.63. The molecule has 14 heavy (non-hydrogen) atoms. The zero-order chi connectivity index (χ0) is 9.97. The summed E-state index contributed by atoms with van der Waals surface area (Å²) in [6, 6.07) is 1.43. The van der Waals surface area contributed by atoms with Gasteiger partial charge in [0.15, 0.2) is 0 Å². The lowest BCUT2D eigenvalue weighted by Crippen LogP contribution is -2.47. The van der Waals surface area contributed by atoms with Crippen molar-refractivity contribution in [1.82, 2.24) is 5.32 Å². The molecule has 1 heterocycles. The smallest absolute Gasteiger partial charge is 0.0623 e. The van der Waals surface area contributed by atoms with Gasteiger partial charge in [-0.15, -0.1) is 0 Å². The van der Waals surface area contributed by atoms with Gasteiger partial charge < -0.3 is 10.1 Å². The maximum atomic E-state index is 5.67. The van der Waals surface area contributed by atoms with Crippen molar-refractivity contribution >= 4 is 0 Å². The van der Waals surface area contributed by atoms with E-state index in [1.807, 2.05) is 0 Å². The molecule has 2 fully saturated rings. The van der Waals surface area contributed by atoms with Crippen LogP contribution in [0.3, 0.4) is 0 Å². The van der Waals surface area contributed by atoms with Crippen molar-refractivity contribution in [3.63, 3.8) is 0 Å². The Kier molecular flexibility index (Phi) is 3.45. The minimum Gasteiger partial charge on any atom is -0.377 e. The maximum absolute atomic E-state index is 5.67. The topological polar surface area (TPSA) is 21.3 Å². The van der Waals surface area contributed by atoms with Crippen molar-refractivity contribution in [2.45, 2.75) is 64.1 Å². The van der Waals surface area contributed by atoms with E-state index in [-0.39, 0.29) is 0 Å². The van der Waals surface area contributed by atoms with Gasteiger partial charge in [0.25, 0.3) is 0 Å². The number of hydrogen-bond acceptors (Lipinski definition) is 2. The fourth-order valence-electron chi connectivity index (χ4n) is 2.84. The van der Waals surface area contributed by atoms with Crippen molar-refractivity contribution in [2.75, 3.05) is 6.61 Å². The molecule has 0 bridgehead atoms. The zero-order valence-electron chi connectivity index (χ0n) is 9.46. The summed E-state index contributed by atoms with van der Waals surface area (Å²) >= 11 is 0. The summed E-state index contributed by atoms with van der Waals surface area (Å²) in [6.07, 6.45) is 7.38. The van der Waals surface area contributed by atoms with Gasteiger partial charge in [0.2, 0.25) is 0 Å². The van der Waals surface area contributed by atoms with Crippen molar-refractivity contribution in [1.29, 1.82) is 0 Å². The molecule has 0 amide bonds. The summed E-state index contributed by atoms with van der Waals surface area (Å²) in [5.41, 5.74) is 0. The quantitative estimate of drug-likeness (QED) is 0.750. The predicted molar refractivity (Wildman–Crippen MR) is 58.4 cm³/mol. The molecule has 0 aromatic heterocycles. The summed E-state index contributed by atoms with van der Waals surface area (Å²) in [5.74, 6) is 0.977. The number of hydrogen-bond donors (Lipinski definition) is 1. The summed E-state index contributed by atoms with van der Waals surface area (Å²) in [5, 5.41) is 3.75. The van der Waals surface area contributed by atoms with E-state index in [1.54, 1.807) is 0 Å². The molecule has 0 radical (unpaired) electrons. The van der Waals surface area contributed by atoms with E-state index in [2.05, 4.69) is 19.2 Å². The highest BCUT2D eigenvalue weighted by Gasteiger charge is 2.33. The van der Waals surface area contributed by atoms with E-state index in [0.29, 0.717) is 12.1 Å². The summed E-state index contributed by atoms with van der Waals surface area (Å²) in [6.45, 7) is 5.13. The minimum absolute atomic E-state index is 0.373. The van der Waals surface area contributed by atoms with Gasteiger partial charge in [-0.2, -0.15) is 0 Å². The lowest BCUT2D eigenvalue weighted by Gasteiger charge is -2.33. The molecular formula is C12H23NO. The first-order chi connectivity index (χ1) is 6.75. The molecule has 2 heteroatoms. The molecule has 2 nitrogen and oxygen atoms in total. The van der Waals surface area contributed by atoms with Crippen molar-refractivity contribution < 1.29 is 4.74 Å². The zero-order valence-corrected chi connectivity index (χ0v) is 9.46. The van der Waals surface area contributed by atoms with Crippen molar-refractivity contribution in [2.24, 2.45) is 5.92 Å². The van der Waals surface area contributed by atoms with Crippen LogP contribution in [0.1, 0.15) is 46.0 Å². The van der Waals surface area contributed by atoms with Crippen LogP contribution in [0, 0.1) is 5.92 Å². The molecule has 0 aromatic carbocycles. The predicted octanol–water partition coefficient (Wildman–Crippen LogP) is 2.33. The third-order valence-corrected chi connectivity index (χ3v) is 3.63. The summed E-state index contributed by atoms with van der Waals surface area (Å²) < 4.78 is 5.67. The van der Waals surface area contributed by atoms with Crippen molar-refractivity contribution in [3.05, 3.63) is 0 Å². The summed E-state index contributed by atoms with van der Waals surface area (Å²) in [7, 11) is 0. The first-order valence-electron chi connectivity index (χ1n) is 6.13. The largest absolute Gasteiger partial charge is 0.377 e. The number of piperidine rings is 1. The first-order valence-corrected chi connectivity index (χ1v) is 6.13.